The van der Waals surface area contributed by atoms with Gasteiger partial charge in [0.15, 0.2) is 0 Å². The molecular weight excluding hydrogens is 327 g/mol. The Bertz CT molecular complexity index is 777. The lowest BCUT2D eigenvalue weighted by atomic mass is 10.1. The van der Waals surface area contributed by atoms with E-state index in [2.05, 4.69) is 5.32 Å². The van der Waals surface area contributed by atoms with E-state index >= 15 is 0 Å². The van der Waals surface area contributed by atoms with Crippen LogP contribution in [-0.2, 0) is 20.6 Å². The molecule has 124 valence electrons. The number of nitrogens with one attached hydrogen (secondary N) is 1. The molecule has 2 aromatic carbocycles. The molecule has 2 amide bonds. The molecule has 2 atom stereocenters. The average molecular weight is 344 g/mol. The highest BCUT2D eigenvalue weighted by atomic mass is 31.1. The van der Waals surface area contributed by atoms with Crippen molar-refractivity contribution in [2.24, 2.45) is 0 Å². The molecule has 2 N–H and O–H groups in total. The van der Waals surface area contributed by atoms with Gasteiger partial charge in [0, 0.05) is 11.0 Å². The molecule has 0 spiro atoms. The van der Waals surface area contributed by atoms with Crippen molar-refractivity contribution in [3.05, 3.63) is 60.2 Å². The average Bonchev–Trinajstić information content (AvgIpc) is 2.59. The van der Waals surface area contributed by atoms with Crippen LogP contribution in [0.1, 0.15) is 5.56 Å². The van der Waals surface area contributed by atoms with Crippen LogP contribution in [0.2, 0.25) is 0 Å². The third-order valence-electron chi connectivity index (χ3n) is 3.90. The Morgan fingerprint density at radius 1 is 1.17 bits per heavy atom. The number of hydrogen-bond acceptors (Lipinski definition) is 3. The summed E-state index contributed by atoms with van der Waals surface area (Å²) in [6.45, 7) is 0.396. The van der Waals surface area contributed by atoms with E-state index in [9.17, 15) is 14.2 Å². The van der Waals surface area contributed by atoms with Crippen molar-refractivity contribution in [2.45, 2.75) is 12.5 Å². The fourth-order valence-electron chi connectivity index (χ4n) is 2.58. The number of rotatable bonds is 5. The quantitative estimate of drug-likeness (QED) is 0.622. The van der Waals surface area contributed by atoms with Crippen molar-refractivity contribution in [3.8, 4) is 0 Å². The highest BCUT2D eigenvalue weighted by Gasteiger charge is 2.38. The second kappa shape index (κ2) is 6.99. The highest BCUT2D eigenvalue weighted by Crippen LogP contribution is 2.23. The minimum absolute atomic E-state index is 0.180. The topological polar surface area (TPSA) is 86.7 Å². The van der Waals surface area contributed by atoms with Gasteiger partial charge in [0.25, 0.3) is 5.91 Å². The molecular formula is C17H17N2O4P. The lowest BCUT2D eigenvalue weighted by Crippen LogP contribution is -2.64. The zero-order valence-corrected chi connectivity index (χ0v) is 13.8. The van der Waals surface area contributed by atoms with Gasteiger partial charge >= 0.3 is 0 Å². The minimum Gasteiger partial charge on any atom is -0.343 e. The Balaban J connectivity index is 1.55. The standard InChI is InChI=1S/C17H17N2O4P/c20-16(10-12-4-2-1-3-5-12)18-15-11-19(17(15)21)13-6-8-14(9-7-13)24(22)23/h1-9,15,24H,10-11H2,(H,18,20)(H,22,23)/t15-/m0/s1. The lowest BCUT2D eigenvalue weighted by molar-refractivity contribution is -0.130. The number of benzene rings is 2. The van der Waals surface area contributed by atoms with Gasteiger partial charge in [-0.05, 0) is 29.8 Å². The predicted octanol–water partition coefficient (Wildman–Crippen LogP) is 0.853. The minimum atomic E-state index is -2.72. The molecule has 0 aromatic heterocycles. The molecule has 7 heteroatoms. The van der Waals surface area contributed by atoms with Crippen molar-refractivity contribution in [1.29, 1.82) is 0 Å². The van der Waals surface area contributed by atoms with Crippen LogP contribution in [0.5, 0.6) is 0 Å². The zero-order chi connectivity index (χ0) is 17.1. The van der Waals surface area contributed by atoms with Gasteiger partial charge in [-0.15, -0.1) is 0 Å². The van der Waals surface area contributed by atoms with Crippen LogP contribution in [0.25, 0.3) is 0 Å². The van der Waals surface area contributed by atoms with Crippen LogP contribution < -0.4 is 15.5 Å². The van der Waals surface area contributed by atoms with E-state index in [1.54, 1.807) is 12.1 Å². The number of anilines is 1. The molecule has 0 bridgehead atoms. The van der Waals surface area contributed by atoms with Gasteiger partial charge in [-0.1, -0.05) is 30.3 Å². The summed E-state index contributed by atoms with van der Waals surface area (Å²) in [5.41, 5.74) is 1.55. The fraction of sp³-hybridized carbons (Fsp3) is 0.176. The molecule has 3 rings (SSSR count). The van der Waals surface area contributed by atoms with E-state index in [4.69, 9.17) is 4.89 Å². The Kier molecular flexibility index (Phi) is 4.79. The maximum absolute atomic E-state index is 12.2. The zero-order valence-electron chi connectivity index (χ0n) is 12.8. The van der Waals surface area contributed by atoms with Crippen LogP contribution in [-0.4, -0.2) is 29.3 Å². The fourth-order valence-corrected chi connectivity index (χ4v) is 3.03. The smallest absolute Gasteiger partial charge is 0.251 e. The molecule has 1 aliphatic rings. The summed E-state index contributed by atoms with van der Waals surface area (Å²) in [4.78, 5) is 34.7. The first-order valence-electron chi connectivity index (χ1n) is 7.52. The van der Waals surface area contributed by atoms with Gasteiger partial charge in [0.2, 0.25) is 13.9 Å². The summed E-state index contributed by atoms with van der Waals surface area (Å²) in [7, 11) is -2.72. The summed E-state index contributed by atoms with van der Waals surface area (Å²) in [5, 5.41) is 3.08. The van der Waals surface area contributed by atoms with Crippen LogP contribution >= 0.6 is 8.03 Å². The van der Waals surface area contributed by atoms with Crippen LogP contribution in [0, 0.1) is 0 Å². The van der Waals surface area contributed by atoms with Crippen molar-refractivity contribution in [3.63, 3.8) is 0 Å². The first-order chi connectivity index (χ1) is 11.5. The number of carbonyl (C=O) groups is 2. The summed E-state index contributed by atoms with van der Waals surface area (Å²) in [6.07, 6.45) is 0.240. The third-order valence-corrected chi connectivity index (χ3v) is 4.73. The van der Waals surface area contributed by atoms with Crippen LogP contribution in [0.3, 0.4) is 0 Å². The molecule has 1 heterocycles. The van der Waals surface area contributed by atoms with Gasteiger partial charge in [-0.2, -0.15) is 0 Å². The van der Waals surface area contributed by atoms with Crippen LogP contribution in [0.4, 0.5) is 5.69 Å². The second-order valence-electron chi connectivity index (χ2n) is 5.58. The van der Waals surface area contributed by atoms with Crippen LogP contribution in [0.15, 0.2) is 54.6 Å². The first kappa shape index (κ1) is 16.4. The van der Waals surface area contributed by atoms with Gasteiger partial charge < -0.3 is 15.1 Å². The van der Waals surface area contributed by atoms with Crippen molar-refractivity contribution in [1.82, 2.24) is 5.32 Å². The van der Waals surface area contributed by atoms with Gasteiger partial charge in [-0.25, -0.2) is 0 Å². The molecule has 0 aliphatic carbocycles. The molecule has 24 heavy (non-hydrogen) atoms. The molecule has 1 saturated heterocycles. The van der Waals surface area contributed by atoms with Gasteiger partial charge in [0.05, 0.1) is 13.0 Å². The second-order valence-corrected chi connectivity index (χ2v) is 6.77. The summed E-state index contributed by atoms with van der Waals surface area (Å²) >= 11 is 0. The number of β-lactam (4-membered cyclic amide) rings is 1. The Labute approximate surface area is 140 Å². The van der Waals surface area contributed by atoms with E-state index in [-0.39, 0.29) is 18.2 Å². The largest absolute Gasteiger partial charge is 0.343 e. The summed E-state index contributed by atoms with van der Waals surface area (Å²) in [5.74, 6) is -0.366. The summed E-state index contributed by atoms with van der Waals surface area (Å²) < 4.78 is 11.0. The molecule has 0 saturated carbocycles. The van der Waals surface area contributed by atoms with Gasteiger partial charge in [0.1, 0.15) is 6.04 Å². The first-order valence-corrected chi connectivity index (χ1v) is 8.88. The van der Waals surface area contributed by atoms with Crippen molar-refractivity contribution < 1.29 is 19.0 Å². The molecule has 0 radical (unpaired) electrons. The third kappa shape index (κ3) is 3.55. The lowest BCUT2D eigenvalue weighted by Gasteiger charge is -2.38. The SMILES string of the molecule is O=C(Cc1ccccc1)N[C@H]1CN(c2ccc([PH](=O)O)cc2)C1=O. The van der Waals surface area contributed by atoms with E-state index < -0.39 is 14.1 Å². The van der Waals surface area contributed by atoms with Gasteiger partial charge in [-0.3, -0.25) is 14.2 Å². The van der Waals surface area contributed by atoms with E-state index in [0.717, 1.165) is 5.56 Å². The van der Waals surface area contributed by atoms with E-state index in [1.165, 1.54) is 17.0 Å². The van der Waals surface area contributed by atoms with Crippen molar-refractivity contribution in [2.75, 3.05) is 11.4 Å². The normalized spacial score (nSPS) is 18.0. The molecule has 1 unspecified atom stereocenters. The number of hydrogen-bond donors (Lipinski definition) is 2. The van der Waals surface area contributed by atoms with E-state index in [0.29, 0.717) is 17.5 Å². The number of carbonyl (C=O) groups excluding carboxylic acids is 2. The van der Waals surface area contributed by atoms with E-state index in [1.807, 2.05) is 30.3 Å². The highest BCUT2D eigenvalue weighted by molar-refractivity contribution is 7.47. The molecule has 1 fully saturated rings. The monoisotopic (exact) mass is 344 g/mol. The summed E-state index contributed by atoms with van der Waals surface area (Å²) in [6, 6.07) is 15.2. The Hall–Kier alpha value is -2.43. The molecule has 1 aliphatic heterocycles. The Morgan fingerprint density at radius 3 is 2.42 bits per heavy atom. The number of amides is 2. The predicted molar refractivity (Wildman–Crippen MR) is 91.7 cm³/mol. The molecule has 2 aromatic rings. The maximum Gasteiger partial charge on any atom is 0.251 e. The number of nitrogens with zero attached hydrogens (tertiary/aromatic N) is 1. The molecule has 6 nitrogen and oxygen atoms in total. The van der Waals surface area contributed by atoms with Crippen molar-refractivity contribution >= 4 is 30.8 Å². The maximum atomic E-state index is 12.2. The Morgan fingerprint density at radius 2 is 1.83 bits per heavy atom.